The highest BCUT2D eigenvalue weighted by atomic mass is 79.9. The van der Waals surface area contributed by atoms with E-state index in [1.807, 2.05) is 0 Å². The van der Waals surface area contributed by atoms with E-state index in [1.54, 1.807) is 22.5 Å². The van der Waals surface area contributed by atoms with Crippen molar-refractivity contribution in [2.45, 2.75) is 37.5 Å². The number of piperidine rings is 1. The Balaban J connectivity index is 2.15. The Morgan fingerprint density at radius 1 is 1.35 bits per heavy atom. The zero-order valence-electron chi connectivity index (χ0n) is 11.7. The first kappa shape index (κ1) is 15.8. The summed E-state index contributed by atoms with van der Waals surface area (Å²) >= 11 is 3.30. The molecule has 1 saturated heterocycles. The van der Waals surface area contributed by atoms with E-state index in [9.17, 15) is 8.42 Å². The fraction of sp³-hybridized carbons (Fsp3) is 0.571. The second kappa shape index (κ2) is 6.45. The van der Waals surface area contributed by atoms with Crippen LogP contribution in [0.3, 0.4) is 0 Å². The number of anilines is 1. The number of nitrogens with zero attached hydrogens (tertiary/aromatic N) is 1. The number of nitrogen functional groups attached to an aromatic ring is 1. The maximum Gasteiger partial charge on any atom is 0.244 e. The molecule has 0 radical (unpaired) electrons. The van der Waals surface area contributed by atoms with E-state index in [0.29, 0.717) is 34.1 Å². The lowest BCUT2D eigenvalue weighted by Gasteiger charge is -2.31. The number of hydrogen-bond acceptors (Lipinski definition) is 3. The Morgan fingerprint density at radius 3 is 2.55 bits per heavy atom. The van der Waals surface area contributed by atoms with Crippen LogP contribution in [0.1, 0.15) is 32.6 Å². The maximum absolute atomic E-state index is 12.6. The van der Waals surface area contributed by atoms with Crippen LogP contribution in [0.25, 0.3) is 0 Å². The van der Waals surface area contributed by atoms with Crippen molar-refractivity contribution in [3.8, 4) is 0 Å². The first-order valence-electron chi connectivity index (χ1n) is 7.00. The minimum atomic E-state index is -3.42. The van der Waals surface area contributed by atoms with Gasteiger partial charge in [0.25, 0.3) is 0 Å². The monoisotopic (exact) mass is 360 g/mol. The van der Waals surface area contributed by atoms with Crippen LogP contribution in [-0.2, 0) is 10.0 Å². The number of hydrogen-bond donors (Lipinski definition) is 1. The summed E-state index contributed by atoms with van der Waals surface area (Å²) in [5.74, 6) is 0.668. The fourth-order valence-corrected chi connectivity index (χ4v) is 5.24. The molecular formula is C14H21BrN2O2S. The highest BCUT2D eigenvalue weighted by Crippen LogP contribution is 2.30. The maximum atomic E-state index is 12.6. The quantitative estimate of drug-likeness (QED) is 0.838. The average molecular weight is 361 g/mol. The van der Waals surface area contributed by atoms with Crippen LogP contribution >= 0.6 is 15.9 Å². The molecule has 0 bridgehead atoms. The first-order valence-corrected chi connectivity index (χ1v) is 9.23. The van der Waals surface area contributed by atoms with Gasteiger partial charge in [-0.2, -0.15) is 4.31 Å². The molecule has 1 aliphatic heterocycles. The lowest BCUT2D eigenvalue weighted by molar-refractivity contribution is 0.262. The molecule has 0 amide bonds. The minimum Gasteiger partial charge on any atom is -0.399 e. The number of sulfonamides is 1. The number of nitrogens with two attached hydrogens (primary N) is 1. The van der Waals surface area contributed by atoms with E-state index in [-0.39, 0.29) is 0 Å². The topological polar surface area (TPSA) is 63.4 Å². The molecule has 20 heavy (non-hydrogen) atoms. The third kappa shape index (κ3) is 3.35. The van der Waals surface area contributed by atoms with Gasteiger partial charge < -0.3 is 5.73 Å². The molecule has 0 unspecified atom stereocenters. The van der Waals surface area contributed by atoms with Crippen molar-refractivity contribution in [3.63, 3.8) is 0 Å². The predicted octanol–water partition coefficient (Wildman–Crippen LogP) is 3.23. The smallest absolute Gasteiger partial charge is 0.244 e. The van der Waals surface area contributed by atoms with E-state index in [2.05, 4.69) is 22.9 Å². The molecule has 1 aromatic rings. The minimum absolute atomic E-state index is 0.306. The van der Waals surface area contributed by atoms with E-state index >= 15 is 0 Å². The molecule has 1 aromatic carbocycles. The average Bonchev–Trinajstić information content (AvgIpc) is 2.39. The van der Waals surface area contributed by atoms with Gasteiger partial charge in [0, 0.05) is 23.2 Å². The second-order valence-electron chi connectivity index (χ2n) is 5.33. The molecule has 1 heterocycles. The summed E-state index contributed by atoms with van der Waals surface area (Å²) in [6, 6.07) is 4.84. The zero-order chi connectivity index (χ0) is 14.8. The van der Waals surface area contributed by atoms with Crippen LogP contribution in [0.15, 0.2) is 27.6 Å². The molecular weight excluding hydrogens is 340 g/mol. The second-order valence-corrected chi connectivity index (χ2v) is 8.09. The molecule has 0 spiro atoms. The van der Waals surface area contributed by atoms with Gasteiger partial charge in [-0.1, -0.05) is 19.8 Å². The summed E-state index contributed by atoms with van der Waals surface area (Å²) in [7, 11) is -3.42. The molecule has 112 valence electrons. The van der Waals surface area contributed by atoms with Crippen molar-refractivity contribution in [1.82, 2.24) is 4.31 Å². The molecule has 6 heteroatoms. The summed E-state index contributed by atoms with van der Waals surface area (Å²) in [6.45, 7) is 3.40. The van der Waals surface area contributed by atoms with E-state index in [4.69, 9.17) is 5.73 Å². The standard InChI is InChI=1S/C14H21BrN2O2S/c1-2-3-11-6-8-17(9-7-11)20(18,19)14-5-4-12(16)10-13(14)15/h4-5,10-11H,2-3,6-9,16H2,1H3. The van der Waals surface area contributed by atoms with Crippen LogP contribution < -0.4 is 5.73 Å². The molecule has 4 nitrogen and oxygen atoms in total. The summed E-state index contributed by atoms with van der Waals surface area (Å²) in [4.78, 5) is 0.306. The third-order valence-corrected chi connectivity index (χ3v) is 6.72. The van der Waals surface area contributed by atoms with Crippen molar-refractivity contribution < 1.29 is 8.42 Å². The number of benzene rings is 1. The Kier molecular flexibility index (Phi) is 5.09. The Bertz CT molecular complexity index is 567. The van der Waals surface area contributed by atoms with Crippen LogP contribution in [0.4, 0.5) is 5.69 Å². The van der Waals surface area contributed by atoms with Gasteiger partial charge >= 0.3 is 0 Å². The molecule has 0 saturated carbocycles. The summed E-state index contributed by atoms with van der Waals surface area (Å²) in [6.07, 6.45) is 4.28. The van der Waals surface area contributed by atoms with Crippen LogP contribution in [0, 0.1) is 5.92 Å². The van der Waals surface area contributed by atoms with Gasteiger partial charge in [0.2, 0.25) is 10.0 Å². The first-order chi connectivity index (χ1) is 9.45. The van der Waals surface area contributed by atoms with Crippen LogP contribution in [0.5, 0.6) is 0 Å². The molecule has 2 rings (SSSR count). The highest BCUT2D eigenvalue weighted by molar-refractivity contribution is 9.10. The number of rotatable bonds is 4. The normalized spacial score (nSPS) is 18.3. The van der Waals surface area contributed by atoms with E-state index in [0.717, 1.165) is 12.8 Å². The van der Waals surface area contributed by atoms with Gasteiger partial charge in [0.1, 0.15) is 0 Å². The van der Waals surface area contributed by atoms with Crippen molar-refractivity contribution in [1.29, 1.82) is 0 Å². The van der Waals surface area contributed by atoms with Gasteiger partial charge in [-0.15, -0.1) is 0 Å². The van der Waals surface area contributed by atoms with Crippen molar-refractivity contribution in [2.75, 3.05) is 18.8 Å². The lowest BCUT2D eigenvalue weighted by atomic mass is 9.94. The predicted molar refractivity (Wildman–Crippen MR) is 84.9 cm³/mol. The van der Waals surface area contributed by atoms with Gasteiger partial charge in [0.05, 0.1) is 4.90 Å². The third-order valence-electron chi connectivity index (χ3n) is 3.84. The van der Waals surface area contributed by atoms with Gasteiger partial charge in [-0.3, -0.25) is 0 Å². The molecule has 1 aliphatic rings. The Hall–Kier alpha value is -0.590. The van der Waals surface area contributed by atoms with Gasteiger partial charge in [-0.05, 0) is 52.9 Å². The summed E-state index contributed by atoms with van der Waals surface area (Å²) < 4.78 is 27.4. The zero-order valence-corrected chi connectivity index (χ0v) is 14.1. The van der Waals surface area contributed by atoms with Gasteiger partial charge in [0.15, 0.2) is 0 Å². The molecule has 2 N–H and O–H groups in total. The van der Waals surface area contributed by atoms with Crippen LogP contribution in [-0.4, -0.2) is 25.8 Å². The fourth-order valence-electron chi connectivity index (χ4n) is 2.71. The summed E-state index contributed by atoms with van der Waals surface area (Å²) in [5, 5.41) is 0. The van der Waals surface area contributed by atoms with Gasteiger partial charge in [-0.25, -0.2) is 8.42 Å². The summed E-state index contributed by atoms with van der Waals surface area (Å²) in [5.41, 5.74) is 6.22. The van der Waals surface area contributed by atoms with E-state index in [1.165, 1.54) is 12.8 Å². The number of halogens is 1. The van der Waals surface area contributed by atoms with E-state index < -0.39 is 10.0 Å². The Labute approximate surface area is 129 Å². The molecule has 0 atom stereocenters. The van der Waals surface area contributed by atoms with Crippen LogP contribution in [0.2, 0.25) is 0 Å². The van der Waals surface area contributed by atoms with Crippen molar-refractivity contribution >= 4 is 31.6 Å². The molecule has 1 fully saturated rings. The highest BCUT2D eigenvalue weighted by Gasteiger charge is 2.30. The molecule has 0 aromatic heterocycles. The Morgan fingerprint density at radius 2 is 2.00 bits per heavy atom. The van der Waals surface area contributed by atoms with Crippen molar-refractivity contribution in [3.05, 3.63) is 22.7 Å². The lowest BCUT2D eigenvalue weighted by Crippen LogP contribution is -2.38. The van der Waals surface area contributed by atoms with Crippen molar-refractivity contribution in [2.24, 2.45) is 5.92 Å². The largest absolute Gasteiger partial charge is 0.399 e. The molecule has 0 aliphatic carbocycles. The SMILES string of the molecule is CCCC1CCN(S(=O)(=O)c2ccc(N)cc2Br)CC1.